The van der Waals surface area contributed by atoms with E-state index in [4.69, 9.17) is 9.97 Å². The molecule has 0 amide bonds. The Morgan fingerprint density at radius 2 is 1.74 bits per heavy atom. The monoisotopic (exact) mass is 515 g/mol. The summed E-state index contributed by atoms with van der Waals surface area (Å²) in [6, 6.07) is 18.6. The zero-order chi connectivity index (χ0) is 26.0. The smallest absolute Gasteiger partial charge is 0.180 e. The van der Waals surface area contributed by atoms with E-state index >= 15 is 0 Å². The van der Waals surface area contributed by atoms with Crippen molar-refractivity contribution in [1.82, 2.24) is 40.4 Å². The van der Waals surface area contributed by atoms with Crippen molar-refractivity contribution >= 4 is 27.9 Å². The lowest BCUT2D eigenvalue weighted by molar-refractivity contribution is 0.578. The number of imidazole rings is 1. The Kier molecular flexibility index (Phi) is 6.18. The molecule has 39 heavy (non-hydrogen) atoms. The van der Waals surface area contributed by atoms with Gasteiger partial charge < -0.3 is 15.2 Å². The van der Waals surface area contributed by atoms with Crippen LogP contribution < -0.4 is 10.2 Å². The van der Waals surface area contributed by atoms with Crippen LogP contribution in [0.3, 0.4) is 0 Å². The number of fused-ring (bicyclic) bond motifs is 2. The summed E-state index contributed by atoms with van der Waals surface area (Å²) in [6.45, 7) is 3.64. The Labute approximate surface area is 225 Å². The SMILES string of the molecule is c1ccc(CNCc2cncc(-c3ccc4[nH]nc(-c5nc6nccc(N7CCCCC7)c6[nH]5)c4n3)c2)cc1. The van der Waals surface area contributed by atoms with E-state index in [2.05, 4.69) is 71.8 Å². The lowest BCUT2D eigenvalue weighted by Gasteiger charge is -2.28. The molecule has 0 atom stereocenters. The van der Waals surface area contributed by atoms with Gasteiger partial charge in [0, 0.05) is 50.3 Å². The standard InChI is InChI=1S/C30H29N9/c1-3-7-20(8-4-1)16-31-17-21-15-22(19-32-18-21)23-9-10-24-26(34-23)28(38-37-24)30-35-27-25(11-12-33-29(27)36-30)39-13-5-2-6-14-39/h1,3-4,7-12,15,18-19,31H,2,5-6,13-14,16-17H2,(H,37,38)(H,33,35,36). The zero-order valence-electron chi connectivity index (χ0n) is 21.6. The summed E-state index contributed by atoms with van der Waals surface area (Å²) in [6.07, 6.45) is 9.29. The summed E-state index contributed by atoms with van der Waals surface area (Å²) in [7, 11) is 0. The van der Waals surface area contributed by atoms with Crippen LogP contribution in [-0.4, -0.2) is 48.2 Å². The van der Waals surface area contributed by atoms with Gasteiger partial charge >= 0.3 is 0 Å². The van der Waals surface area contributed by atoms with Crippen LogP contribution in [0, 0.1) is 0 Å². The number of anilines is 1. The van der Waals surface area contributed by atoms with Crippen LogP contribution in [-0.2, 0) is 13.1 Å². The van der Waals surface area contributed by atoms with Gasteiger partial charge in [0.2, 0.25) is 0 Å². The van der Waals surface area contributed by atoms with Crippen LogP contribution >= 0.6 is 0 Å². The Hall–Kier alpha value is -4.63. The first-order valence-electron chi connectivity index (χ1n) is 13.5. The topological polar surface area (TPSA) is 111 Å². The molecule has 0 bridgehead atoms. The fourth-order valence-electron chi connectivity index (χ4n) is 5.30. The van der Waals surface area contributed by atoms with Gasteiger partial charge in [0.1, 0.15) is 11.0 Å². The van der Waals surface area contributed by atoms with Crippen molar-refractivity contribution in [3.8, 4) is 22.8 Å². The summed E-state index contributed by atoms with van der Waals surface area (Å²) in [5.74, 6) is 0.662. The van der Waals surface area contributed by atoms with E-state index in [0.29, 0.717) is 17.2 Å². The van der Waals surface area contributed by atoms with Crippen LogP contribution in [0.25, 0.3) is 45.0 Å². The molecule has 6 aromatic rings. The molecule has 0 saturated carbocycles. The summed E-state index contributed by atoms with van der Waals surface area (Å²) < 4.78 is 0. The second-order valence-corrected chi connectivity index (χ2v) is 10.00. The molecular formula is C30H29N9. The number of nitrogens with one attached hydrogen (secondary N) is 3. The average molecular weight is 516 g/mol. The van der Waals surface area contributed by atoms with Gasteiger partial charge in [0.25, 0.3) is 0 Å². The highest BCUT2D eigenvalue weighted by molar-refractivity contribution is 5.93. The maximum atomic E-state index is 4.99. The molecule has 0 unspecified atom stereocenters. The lowest BCUT2D eigenvalue weighted by atomic mass is 10.1. The molecule has 0 aliphatic carbocycles. The minimum absolute atomic E-state index is 0.662. The number of nitrogens with zero attached hydrogens (tertiary/aromatic N) is 6. The van der Waals surface area contributed by atoms with E-state index in [0.717, 1.165) is 65.2 Å². The summed E-state index contributed by atoms with van der Waals surface area (Å²) in [4.78, 5) is 24.7. The number of aromatic nitrogens is 7. The summed E-state index contributed by atoms with van der Waals surface area (Å²) in [5.41, 5.74) is 9.25. The predicted octanol–water partition coefficient (Wildman–Crippen LogP) is 5.24. The molecule has 194 valence electrons. The molecule has 5 aromatic heterocycles. The number of pyridine rings is 3. The van der Waals surface area contributed by atoms with Gasteiger partial charge in [-0.15, -0.1) is 0 Å². The fourth-order valence-corrected chi connectivity index (χ4v) is 5.30. The first-order valence-corrected chi connectivity index (χ1v) is 13.5. The second-order valence-electron chi connectivity index (χ2n) is 10.00. The molecule has 1 aliphatic heterocycles. The van der Waals surface area contributed by atoms with Crippen LogP contribution in [0.4, 0.5) is 5.69 Å². The Morgan fingerprint density at radius 3 is 2.64 bits per heavy atom. The van der Waals surface area contributed by atoms with Crippen molar-refractivity contribution in [2.45, 2.75) is 32.4 Å². The second kappa shape index (κ2) is 10.3. The lowest BCUT2D eigenvalue weighted by Crippen LogP contribution is -2.29. The van der Waals surface area contributed by atoms with Gasteiger partial charge in [-0.3, -0.25) is 10.1 Å². The number of H-pyrrole nitrogens is 2. The quantitative estimate of drug-likeness (QED) is 0.267. The van der Waals surface area contributed by atoms with Crippen LogP contribution in [0.5, 0.6) is 0 Å². The van der Waals surface area contributed by atoms with Crippen molar-refractivity contribution in [2.24, 2.45) is 0 Å². The van der Waals surface area contributed by atoms with E-state index in [1.165, 1.54) is 24.8 Å². The van der Waals surface area contributed by atoms with Gasteiger partial charge in [-0.05, 0) is 54.7 Å². The van der Waals surface area contributed by atoms with Gasteiger partial charge in [-0.1, -0.05) is 30.3 Å². The van der Waals surface area contributed by atoms with E-state index in [-0.39, 0.29) is 0 Å². The molecular weight excluding hydrogens is 486 g/mol. The van der Waals surface area contributed by atoms with E-state index in [1.54, 1.807) is 0 Å². The Balaban J connectivity index is 1.18. The van der Waals surface area contributed by atoms with Gasteiger partial charge in [-0.2, -0.15) is 5.10 Å². The van der Waals surface area contributed by atoms with Crippen molar-refractivity contribution in [3.05, 3.63) is 84.3 Å². The fraction of sp³-hybridized carbons (Fsp3) is 0.233. The van der Waals surface area contributed by atoms with E-state index < -0.39 is 0 Å². The van der Waals surface area contributed by atoms with Gasteiger partial charge in [0.15, 0.2) is 17.2 Å². The normalized spacial score (nSPS) is 13.9. The number of piperidine rings is 1. The molecule has 0 radical (unpaired) electrons. The summed E-state index contributed by atoms with van der Waals surface area (Å²) in [5, 5.41) is 11.2. The predicted molar refractivity (Wildman–Crippen MR) is 153 cm³/mol. The Morgan fingerprint density at radius 1 is 0.872 bits per heavy atom. The van der Waals surface area contributed by atoms with Crippen LogP contribution in [0.1, 0.15) is 30.4 Å². The number of hydrogen-bond acceptors (Lipinski definition) is 7. The number of rotatable bonds is 7. The first-order chi connectivity index (χ1) is 19.3. The number of benzene rings is 1. The van der Waals surface area contributed by atoms with Crippen molar-refractivity contribution in [2.75, 3.05) is 18.0 Å². The maximum absolute atomic E-state index is 4.99. The highest BCUT2D eigenvalue weighted by Crippen LogP contribution is 2.31. The largest absolute Gasteiger partial charge is 0.370 e. The average Bonchev–Trinajstić information content (AvgIpc) is 3.62. The minimum Gasteiger partial charge on any atom is -0.370 e. The highest BCUT2D eigenvalue weighted by atomic mass is 15.2. The van der Waals surface area contributed by atoms with E-state index in [9.17, 15) is 0 Å². The third-order valence-corrected chi connectivity index (χ3v) is 7.29. The third kappa shape index (κ3) is 4.72. The molecule has 1 fully saturated rings. The van der Waals surface area contributed by atoms with Gasteiger partial charge in [-0.25, -0.2) is 15.0 Å². The minimum atomic E-state index is 0.662. The Bertz CT molecular complexity index is 1730. The molecule has 1 aliphatic rings. The molecule has 7 rings (SSSR count). The first kappa shape index (κ1) is 23.5. The van der Waals surface area contributed by atoms with Crippen LogP contribution in [0.15, 0.2) is 73.2 Å². The molecule has 6 heterocycles. The molecule has 3 N–H and O–H groups in total. The molecule has 0 spiro atoms. The summed E-state index contributed by atoms with van der Waals surface area (Å²) >= 11 is 0. The highest BCUT2D eigenvalue weighted by Gasteiger charge is 2.20. The molecule has 1 aromatic carbocycles. The van der Waals surface area contributed by atoms with Crippen molar-refractivity contribution in [3.63, 3.8) is 0 Å². The third-order valence-electron chi connectivity index (χ3n) is 7.29. The number of aromatic amines is 2. The van der Waals surface area contributed by atoms with E-state index in [1.807, 2.05) is 36.8 Å². The van der Waals surface area contributed by atoms with Gasteiger partial charge in [0.05, 0.1) is 16.9 Å². The maximum Gasteiger partial charge on any atom is 0.180 e. The molecule has 9 heteroatoms. The molecule has 9 nitrogen and oxygen atoms in total. The number of hydrogen-bond donors (Lipinski definition) is 3. The molecule has 1 saturated heterocycles. The van der Waals surface area contributed by atoms with Crippen LogP contribution in [0.2, 0.25) is 0 Å². The van der Waals surface area contributed by atoms with Crippen molar-refractivity contribution in [1.29, 1.82) is 0 Å². The van der Waals surface area contributed by atoms with Crippen molar-refractivity contribution < 1.29 is 0 Å². The zero-order valence-corrected chi connectivity index (χ0v) is 21.6.